The summed E-state index contributed by atoms with van der Waals surface area (Å²) in [6, 6.07) is 16.8. The summed E-state index contributed by atoms with van der Waals surface area (Å²) in [4.78, 5) is 23.2. The molecule has 0 spiro atoms. The normalized spacial score (nSPS) is 10.7. The van der Waals surface area contributed by atoms with E-state index in [1.807, 2.05) is 0 Å². The molecule has 0 aliphatic carbocycles. The summed E-state index contributed by atoms with van der Waals surface area (Å²) < 4.78 is 0. The van der Waals surface area contributed by atoms with Crippen molar-refractivity contribution in [1.82, 2.24) is 0 Å². The minimum absolute atomic E-state index is 0. The Morgan fingerprint density at radius 1 is 0.667 bits per heavy atom. The number of hydrogen-bond donors (Lipinski definition) is 4. The third-order valence-electron chi connectivity index (χ3n) is 5.07. The molecular formula is C23H17NaO6. The molecule has 0 bridgehead atoms. The van der Waals surface area contributed by atoms with E-state index in [-0.39, 0.29) is 47.1 Å². The Kier molecular flexibility index (Phi) is 6.03. The van der Waals surface area contributed by atoms with Crippen LogP contribution in [0.4, 0.5) is 0 Å². The van der Waals surface area contributed by atoms with Gasteiger partial charge in [-0.1, -0.05) is 48.5 Å². The summed E-state index contributed by atoms with van der Waals surface area (Å²) in [6.45, 7) is 0. The number of carboxylic acids is 2. The summed E-state index contributed by atoms with van der Waals surface area (Å²) in [5.41, 5.74) is 0.112. The number of benzene rings is 4. The second-order valence-corrected chi connectivity index (χ2v) is 6.73. The van der Waals surface area contributed by atoms with Crippen LogP contribution in [0.2, 0.25) is 0 Å². The Labute approximate surface area is 193 Å². The fourth-order valence-corrected chi connectivity index (χ4v) is 3.68. The Bertz CT molecular complexity index is 1210. The Morgan fingerprint density at radius 2 is 1.03 bits per heavy atom. The topological polar surface area (TPSA) is 115 Å². The molecule has 4 N–H and O–H groups in total. The molecule has 0 fully saturated rings. The van der Waals surface area contributed by atoms with Gasteiger partial charge < -0.3 is 20.4 Å². The molecule has 0 radical (unpaired) electrons. The van der Waals surface area contributed by atoms with Crippen LogP contribution in [0.15, 0.2) is 60.7 Å². The molecule has 0 atom stereocenters. The van der Waals surface area contributed by atoms with Crippen molar-refractivity contribution in [2.75, 3.05) is 0 Å². The third-order valence-corrected chi connectivity index (χ3v) is 5.07. The van der Waals surface area contributed by atoms with Crippen molar-refractivity contribution in [1.29, 1.82) is 0 Å². The molecule has 30 heavy (non-hydrogen) atoms. The third kappa shape index (κ3) is 3.61. The predicted molar refractivity (Wildman–Crippen MR) is 115 cm³/mol. The molecular weight excluding hydrogens is 395 g/mol. The van der Waals surface area contributed by atoms with E-state index in [0.29, 0.717) is 32.7 Å². The van der Waals surface area contributed by atoms with Crippen molar-refractivity contribution in [3.63, 3.8) is 0 Å². The summed E-state index contributed by atoms with van der Waals surface area (Å²) in [5, 5.41) is 42.8. The summed E-state index contributed by atoms with van der Waals surface area (Å²) in [5.74, 6) is -3.36. The minimum atomic E-state index is -1.28. The molecule has 7 heteroatoms. The van der Waals surface area contributed by atoms with Crippen molar-refractivity contribution in [2.45, 2.75) is 6.42 Å². The molecule has 4 aromatic carbocycles. The fourth-order valence-electron chi connectivity index (χ4n) is 3.68. The zero-order chi connectivity index (χ0) is 20.7. The molecule has 4 rings (SSSR count). The van der Waals surface area contributed by atoms with E-state index in [0.717, 1.165) is 0 Å². The van der Waals surface area contributed by atoms with Gasteiger partial charge in [0.05, 0.1) is 0 Å². The number of aromatic hydroxyl groups is 2. The second kappa shape index (κ2) is 8.36. The first-order valence-corrected chi connectivity index (χ1v) is 8.82. The van der Waals surface area contributed by atoms with Crippen molar-refractivity contribution >= 4 is 63.0 Å². The number of carbonyl (C=O) groups is 2. The van der Waals surface area contributed by atoms with Crippen molar-refractivity contribution < 1.29 is 30.0 Å². The van der Waals surface area contributed by atoms with Gasteiger partial charge >= 0.3 is 41.5 Å². The maximum absolute atomic E-state index is 11.6. The first-order valence-electron chi connectivity index (χ1n) is 8.82. The van der Waals surface area contributed by atoms with Crippen LogP contribution >= 0.6 is 0 Å². The molecule has 6 nitrogen and oxygen atoms in total. The van der Waals surface area contributed by atoms with E-state index < -0.39 is 23.4 Å². The fraction of sp³-hybridized carbons (Fsp3) is 0.0435. The van der Waals surface area contributed by atoms with Crippen molar-refractivity contribution in [3.05, 3.63) is 82.9 Å². The standard InChI is InChI=1S/C23H16O6.Na.H/c24-20-16(14-7-3-1-5-12(14)9-18(20)22(26)27)11-17-15-8-4-2-6-13(15)10-19(21(17)25)23(28)29;;/h1-10,24-25H,11H2,(H,26,27)(H,28,29);;. The van der Waals surface area contributed by atoms with E-state index in [9.17, 15) is 30.0 Å². The molecule has 0 aromatic heterocycles. The van der Waals surface area contributed by atoms with Gasteiger partial charge in [-0.25, -0.2) is 9.59 Å². The van der Waals surface area contributed by atoms with Gasteiger partial charge in [0, 0.05) is 17.5 Å². The van der Waals surface area contributed by atoms with E-state index in [1.165, 1.54) is 12.1 Å². The van der Waals surface area contributed by atoms with Gasteiger partial charge in [-0.2, -0.15) is 0 Å². The van der Waals surface area contributed by atoms with Gasteiger partial charge in [-0.3, -0.25) is 0 Å². The van der Waals surface area contributed by atoms with E-state index in [2.05, 4.69) is 0 Å². The van der Waals surface area contributed by atoms with Crippen LogP contribution in [0.5, 0.6) is 11.5 Å². The SMILES string of the molecule is O=C(O)c1cc2ccccc2c(Cc2c(O)c(C(=O)O)cc3ccccc23)c1O.[NaH]. The van der Waals surface area contributed by atoms with Crippen LogP contribution in [0.1, 0.15) is 31.8 Å². The molecule has 0 unspecified atom stereocenters. The van der Waals surface area contributed by atoms with Crippen LogP contribution in [-0.4, -0.2) is 61.9 Å². The van der Waals surface area contributed by atoms with Gasteiger partial charge in [0.25, 0.3) is 0 Å². The van der Waals surface area contributed by atoms with Gasteiger partial charge in [-0.15, -0.1) is 0 Å². The Balaban J connectivity index is 0.00000256. The maximum atomic E-state index is 11.6. The Morgan fingerprint density at radius 3 is 1.40 bits per heavy atom. The zero-order valence-electron chi connectivity index (χ0n) is 15.1. The first-order chi connectivity index (χ1) is 13.9. The van der Waals surface area contributed by atoms with E-state index in [1.54, 1.807) is 48.5 Å². The summed E-state index contributed by atoms with van der Waals surface area (Å²) in [7, 11) is 0. The number of phenols is 2. The van der Waals surface area contributed by atoms with Crippen LogP contribution in [0.3, 0.4) is 0 Å². The van der Waals surface area contributed by atoms with E-state index in [4.69, 9.17) is 0 Å². The molecule has 146 valence electrons. The van der Waals surface area contributed by atoms with Crippen LogP contribution in [0, 0.1) is 0 Å². The number of rotatable bonds is 4. The van der Waals surface area contributed by atoms with E-state index >= 15 is 0 Å². The monoisotopic (exact) mass is 412 g/mol. The molecule has 4 aromatic rings. The number of aromatic carboxylic acids is 2. The number of fused-ring (bicyclic) bond motifs is 2. The predicted octanol–water partition coefficient (Wildman–Crippen LogP) is 3.74. The van der Waals surface area contributed by atoms with Gasteiger partial charge in [-0.05, 0) is 33.7 Å². The first kappa shape index (κ1) is 21.6. The summed E-state index contributed by atoms with van der Waals surface area (Å²) >= 11 is 0. The summed E-state index contributed by atoms with van der Waals surface area (Å²) in [6.07, 6.45) is -0.0407. The van der Waals surface area contributed by atoms with Gasteiger partial charge in [0.2, 0.25) is 0 Å². The molecule has 0 aliphatic rings. The van der Waals surface area contributed by atoms with Gasteiger partial charge in [0.15, 0.2) is 0 Å². The van der Waals surface area contributed by atoms with Gasteiger partial charge in [0.1, 0.15) is 22.6 Å². The molecule has 0 heterocycles. The molecule has 0 saturated heterocycles. The average molecular weight is 412 g/mol. The molecule has 0 aliphatic heterocycles. The quantitative estimate of drug-likeness (QED) is 0.380. The van der Waals surface area contributed by atoms with Crippen LogP contribution in [-0.2, 0) is 6.42 Å². The second-order valence-electron chi connectivity index (χ2n) is 6.73. The molecule has 0 saturated carbocycles. The number of hydrogen-bond acceptors (Lipinski definition) is 4. The van der Waals surface area contributed by atoms with Crippen LogP contribution in [0.25, 0.3) is 21.5 Å². The number of carboxylic acid groups (broad SMARTS) is 2. The van der Waals surface area contributed by atoms with Crippen molar-refractivity contribution in [3.8, 4) is 11.5 Å². The van der Waals surface area contributed by atoms with Crippen LogP contribution < -0.4 is 0 Å². The average Bonchev–Trinajstić information content (AvgIpc) is 2.70. The van der Waals surface area contributed by atoms with Crippen molar-refractivity contribution in [2.24, 2.45) is 0 Å². The Hall–Kier alpha value is -3.06. The molecule has 0 amide bonds. The zero-order valence-corrected chi connectivity index (χ0v) is 15.1.